The van der Waals surface area contributed by atoms with Gasteiger partial charge >= 0.3 is 0 Å². The summed E-state index contributed by atoms with van der Waals surface area (Å²) in [6.07, 6.45) is 2.27. The molecule has 2 nitrogen and oxygen atoms in total. The molecule has 1 unspecified atom stereocenters. The van der Waals surface area contributed by atoms with Gasteiger partial charge in [0.05, 0.1) is 0 Å². The minimum atomic E-state index is -0.371. The van der Waals surface area contributed by atoms with Crippen molar-refractivity contribution in [1.82, 2.24) is 10.2 Å². The van der Waals surface area contributed by atoms with Crippen LogP contribution in [0.3, 0.4) is 0 Å². The van der Waals surface area contributed by atoms with E-state index < -0.39 is 0 Å². The Labute approximate surface area is 107 Å². The van der Waals surface area contributed by atoms with Gasteiger partial charge < -0.3 is 5.32 Å². The number of likely N-dealkylation sites (N-methyl/N-ethyl adjacent to an activating group) is 1. The van der Waals surface area contributed by atoms with Crippen molar-refractivity contribution < 1.29 is 8.78 Å². The number of hydrogen-bond acceptors (Lipinski definition) is 2. The van der Waals surface area contributed by atoms with Gasteiger partial charge in [-0.3, -0.25) is 4.90 Å². The molecular weight excluding hydrogens is 234 g/mol. The summed E-state index contributed by atoms with van der Waals surface area (Å²) in [5.41, 5.74) is 0.447. The molecular formula is C14H20F2N2. The Morgan fingerprint density at radius 2 is 2.22 bits per heavy atom. The van der Waals surface area contributed by atoms with E-state index in [-0.39, 0.29) is 11.6 Å². The molecule has 0 aliphatic carbocycles. The van der Waals surface area contributed by atoms with Gasteiger partial charge in [-0.1, -0.05) is 6.92 Å². The molecule has 0 amide bonds. The van der Waals surface area contributed by atoms with Crippen LogP contribution in [-0.2, 0) is 6.54 Å². The molecule has 1 N–H and O–H groups in total. The van der Waals surface area contributed by atoms with Crippen molar-refractivity contribution in [2.75, 3.05) is 19.6 Å². The van der Waals surface area contributed by atoms with Gasteiger partial charge in [0, 0.05) is 24.7 Å². The van der Waals surface area contributed by atoms with E-state index in [4.69, 9.17) is 0 Å². The fourth-order valence-electron chi connectivity index (χ4n) is 2.53. The van der Waals surface area contributed by atoms with Gasteiger partial charge in [0.2, 0.25) is 0 Å². The highest BCUT2D eigenvalue weighted by atomic mass is 19.1. The molecule has 1 heterocycles. The van der Waals surface area contributed by atoms with Crippen molar-refractivity contribution in [2.45, 2.75) is 32.4 Å². The van der Waals surface area contributed by atoms with Gasteiger partial charge in [-0.2, -0.15) is 0 Å². The molecule has 1 fully saturated rings. The number of benzene rings is 1. The van der Waals surface area contributed by atoms with Gasteiger partial charge in [-0.25, -0.2) is 8.78 Å². The zero-order valence-electron chi connectivity index (χ0n) is 10.8. The molecule has 0 spiro atoms. The third-order valence-electron chi connectivity index (χ3n) is 3.57. The molecule has 0 aromatic heterocycles. The maximum atomic E-state index is 13.6. The van der Waals surface area contributed by atoms with Gasteiger partial charge in [0.15, 0.2) is 0 Å². The summed E-state index contributed by atoms with van der Waals surface area (Å²) in [6, 6.07) is 4.09. The van der Waals surface area contributed by atoms with Crippen molar-refractivity contribution >= 4 is 0 Å². The van der Waals surface area contributed by atoms with Gasteiger partial charge in [-0.05, 0) is 44.1 Å². The summed E-state index contributed by atoms with van der Waals surface area (Å²) in [5, 5.41) is 3.35. The van der Waals surface area contributed by atoms with E-state index in [1.54, 1.807) is 0 Å². The summed E-state index contributed by atoms with van der Waals surface area (Å²) in [6.45, 7) is 5.38. The van der Waals surface area contributed by atoms with E-state index in [2.05, 4.69) is 17.1 Å². The summed E-state index contributed by atoms with van der Waals surface area (Å²) >= 11 is 0. The Morgan fingerprint density at radius 3 is 2.89 bits per heavy atom. The molecule has 1 saturated heterocycles. The van der Waals surface area contributed by atoms with Crippen LogP contribution in [0.4, 0.5) is 8.78 Å². The first kappa shape index (κ1) is 13.4. The molecule has 1 atom stereocenters. The number of halogens is 2. The molecule has 4 heteroatoms. The highest BCUT2D eigenvalue weighted by Gasteiger charge is 2.20. The molecule has 0 bridgehead atoms. The van der Waals surface area contributed by atoms with Gasteiger partial charge in [-0.15, -0.1) is 0 Å². The van der Waals surface area contributed by atoms with Crippen molar-refractivity contribution in [2.24, 2.45) is 0 Å². The molecule has 2 rings (SSSR count). The molecule has 1 aliphatic rings. The number of rotatable bonds is 4. The lowest BCUT2D eigenvalue weighted by molar-refractivity contribution is 0.164. The predicted molar refractivity (Wildman–Crippen MR) is 68.3 cm³/mol. The second-order valence-electron chi connectivity index (χ2n) is 4.80. The van der Waals surface area contributed by atoms with Crippen LogP contribution in [0, 0.1) is 11.6 Å². The summed E-state index contributed by atoms with van der Waals surface area (Å²) in [4.78, 5) is 2.21. The summed E-state index contributed by atoms with van der Waals surface area (Å²) in [7, 11) is 0. The first-order chi connectivity index (χ1) is 8.70. The first-order valence-corrected chi connectivity index (χ1v) is 6.59. The average Bonchev–Trinajstić information content (AvgIpc) is 2.41. The lowest BCUT2D eigenvalue weighted by atomic mass is 10.0. The number of nitrogens with one attached hydrogen (secondary N) is 1. The van der Waals surface area contributed by atoms with Crippen molar-refractivity contribution in [3.63, 3.8) is 0 Å². The van der Waals surface area contributed by atoms with E-state index in [1.165, 1.54) is 12.1 Å². The first-order valence-electron chi connectivity index (χ1n) is 6.59. The normalized spacial score (nSPS) is 20.3. The minimum Gasteiger partial charge on any atom is -0.315 e. The van der Waals surface area contributed by atoms with E-state index in [9.17, 15) is 8.78 Å². The predicted octanol–water partition coefficient (Wildman–Crippen LogP) is 2.54. The Balaban J connectivity index is 2.06. The SMILES string of the molecule is CCN(Cc1cc(F)ccc1F)C1CCCNC1. The Morgan fingerprint density at radius 1 is 1.39 bits per heavy atom. The maximum Gasteiger partial charge on any atom is 0.127 e. The van der Waals surface area contributed by atoms with Crippen LogP contribution in [0.1, 0.15) is 25.3 Å². The summed E-state index contributed by atoms with van der Waals surface area (Å²) in [5.74, 6) is -0.692. The Hall–Kier alpha value is -1.00. The smallest absolute Gasteiger partial charge is 0.127 e. The van der Waals surface area contributed by atoms with E-state index >= 15 is 0 Å². The fourth-order valence-corrected chi connectivity index (χ4v) is 2.53. The van der Waals surface area contributed by atoms with Crippen LogP contribution in [0.2, 0.25) is 0 Å². The largest absolute Gasteiger partial charge is 0.315 e. The van der Waals surface area contributed by atoms with Crippen LogP contribution < -0.4 is 5.32 Å². The molecule has 100 valence electrons. The number of piperidine rings is 1. The highest BCUT2D eigenvalue weighted by Crippen LogP contribution is 2.17. The number of hydrogen-bond donors (Lipinski definition) is 1. The monoisotopic (exact) mass is 254 g/mol. The fraction of sp³-hybridized carbons (Fsp3) is 0.571. The molecule has 0 radical (unpaired) electrons. The zero-order chi connectivity index (χ0) is 13.0. The molecule has 0 saturated carbocycles. The topological polar surface area (TPSA) is 15.3 Å². The molecule has 18 heavy (non-hydrogen) atoms. The average molecular weight is 254 g/mol. The Kier molecular flexibility index (Phi) is 4.66. The standard InChI is InChI=1S/C14H20F2N2/c1-2-18(13-4-3-7-17-9-13)10-11-8-12(15)5-6-14(11)16/h5-6,8,13,17H,2-4,7,9-10H2,1H3. The van der Waals surface area contributed by atoms with E-state index in [1.807, 2.05) is 0 Å². The van der Waals surface area contributed by atoms with Crippen LogP contribution in [0.25, 0.3) is 0 Å². The minimum absolute atomic E-state index is 0.321. The molecule has 1 aliphatic heterocycles. The van der Waals surface area contributed by atoms with Crippen molar-refractivity contribution in [3.8, 4) is 0 Å². The van der Waals surface area contributed by atoms with Gasteiger partial charge in [0.25, 0.3) is 0 Å². The van der Waals surface area contributed by atoms with Gasteiger partial charge in [0.1, 0.15) is 11.6 Å². The van der Waals surface area contributed by atoms with E-state index in [0.717, 1.165) is 38.5 Å². The maximum absolute atomic E-state index is 13.6. The van der Waals surface area contributed by atoms with Crippen LogP contribution in [0.15, 0.2) is 18.2 Å². The lowest BCUT2D eigenvalue weighted by Crippen LogP contribution is -2.45. The highest BCUT2D eigenvalue weighted by molar-refractivity contribution is 5.18. The Bertz CT molecular complexity index is 389. The lowest BCUT2D eigenvalue weighted by Gasteiger charge is -2.34. The third kappa shape index (κ3) is 3.27. The van der Waals surface area contributed by atoms with Crippen LogP contribution in [-0.4, -0.2) is 30.6 Å². The summed E-state index contributed by atoms with van der Waals surface area (Å²) < 4.78 is 26.8. The molecule has 1 aromatic rings. The van der Waals surface area contributed by atoms with Crippen molar-refractivity contribution in [3.05, 3.63) is 35.4 Å². The second kappa shape index (κ2) is 6.25. The van der Waals surface area contributed by atoms with E-state index in [0.29, 0.717) is 18.2 Å². The number of nitrogens with zero attached hydrogens (tertiary/aromatic N) is 1. The van der Waals surface area contributed by atoms with Crippen LogP contribution >= 0.6 is 0 Å². The van der Waals surface area contributed by atoms with Crippen LogP contribution in [0.5, 0.6) is 0 Å². The quantitative estimate of drug-likeness (QED) is 0.888. The second-order valence-corrected chi connectivity index (χ2v) is 4.80. The van der Waals surface area contributed by atoms with Crippen molar-refractivity contribution in [1.29, 1.82) is 0 Å². The zero-order valence-corrected chi connectivity index (χ0v) is 10.8. The third-order valence-corrected chi connectivity index (χ3v) is 3.57. The molecule has 1 aromatic carbocycles.